The van der Waals surface area contributed by atoms with E-state index in [9.17, 15) is 9.18 Å². The Balaban J connectivity index is 1.99. The highest BCUT2D eigenvalue weighted by molar-refractivity contribution is 5.84. The molecule has 0 spiro atoms. The lowest BCUT2D eigenvalue weighted by atomic mass is 9.93. The van der Waals surface area contributed by atoms with Gasteiger partial charge < -0.3 is 5.32 Å². The molecule has 1 N–H and O–H groups in total. The van der Waals surface area contributed by atoms with Crippen molar-refractivity contribution in [3.8, 4) is 0 Å². The molecule has 1 unspecified atom stereocenters. The number of amides is 1. The number of carbonyl (C=O) groups excluding carboxylic acids is 1. The monoisotopic (exact) mass is 263 g/mol. The fourth-order valence-electron chi connectivity index (χ4n) is 2.33. The van der Waals surface area contributed by atoms with Gasteiger partial charge in [-0.05, 0) is 48.8 Å². The molecule has 2 nitrogen and oxygen atoms in total. The third-order valence-electron chi connectivity index (χ3n) is 3.63. The largest absolute Gasteiger partial charge is 0.356 e. The fraction of sp³-hybridized carbons (Fsp3) is 0.562. The van der Waals surface area contributed by atoms with Crippen molar-refractivity contribution >= 4 is 5.91 Å². The van der Waals surface area contributed by atoms with Crippen LogP contribution in [0.4, 0.5) is 4.39 Å². The topological polar surface area (TPSA) is 29.1 Å². The van der Waals surface area contributed by atoms with Crippen LogP contribution >= 0.6 is 0 Å². The van der Waals surface area contributed by atoms with Crippen LogP contribution in [0, 0.1) is 17.7 Å². The zero-order valence-corrected chi connectivity index (χ0v) is 11.7. The molecule has 1 aromatic carbocycles. The van der Waals surface area contributed by atoms with E-state index in [1.54, 1.807) is 12.1 Å². The van der Waals surface area contributed by atoms with Crippen LogP contribution in [0.5, 0.6) is 0 Å². The average molecular weight is 263 g/mol. The lowest BCUT2D eigenvalue weighted by molar-refractivity contribution is -0.123. The number of hydrogen-bond donors (Lipinski definition) is 1. The van der Waals surface area contributed by atoms with Gasteiger partial charge in [-0.3, -0.25) is 4.79 Å². The molecule has 0 aliphatic heterocycles. The van der Waals surface area contributed by atoms with E-state index in [-0.39, 0.29) is 17.6 Å². The molecule has 19 heavy (non-hydrogen) atoms. The summed E-state index contributed by atoms with van der Waals surface area (Å²) in [6.45, 7) is 5.01. The van der Waals surface area contributed by atoms with Gasteiger partial charge in [0.05, 0.1) is 5.92 Å². The minimum atomic E-state index is -0.251. The van der Waals surface area contributed by atoms with Gasteiger partial charge in [-0.1, -0.05) is 26.0 Å². The number of nitrogens with one attached hydrogen (secondary N) is 1. The van der Waals surface area contributed by atoms with Crippen LogP contribution in [-0.2, 0) is 4.79 Å². The third-order valence-corrected chi connectivity index (χ3v) is 3.63. The quantitative estimate of drug-likeness (QED) is 0.836. The zero-order chi connectivity index (χ0) is 13.8. The van der Waals surface area contributed by atoms with Crippen LogP contribution in [0.25, 0.3) is 0 Å². The number of carbonyl (C=O) groups is 1. The molecule has 1 aliphatic rings. The van der Waals surface area contributed by atoms with Crippen LogP contribution in [0.2, 0.25) is 0 Å². The van der Waals surface area contributed by atoms with Crippen molar-refractivity contribution in [3.05, 3.63) is 35.6 Å². The van der Waals surface area contributed by atoms with E-state index >= 15 is 0 Å². The second-order valence-corrected chi connectivity index (χ2v) is 5.84. The van der Waals surface area contributed by atoms with Crippen LogP contribution in [0.3, 0.4) is 0 Å². The Morgan fingerprint density at radius 2 is 1.95 bits per heavy atom. The highest BCUT2D eigenvalue weighted by Crippen LogP contribution is 2.42. The maximum atomic E-state index is 13.0. The van der Waals surface area contributed by atoms with Crippen molar-refractivity contribution in [2.75, 3.05) is 6.54 Å². The molecule has 0 heterocycles. The Morgan fingerprint density at radius 1 is 1.32 bits per heavy atom. The normalized spacial score (nSPS) is 16.4. The van der Waals surface area contributed by atoms with Crippen molar-refractivity contribution in [2.45, 2.75) is 39.0 Å². The number of rotatable bonds is 6. The first-order valence-electron chi connectivity index (χ1n) is 7.11. The Kier molecular flexibility index (Phi) is 4.56. The van der Waals surface area contributed by atoms with Crippen molar-refractivity contribution < 1.29 is 9.18 Å². The van der Waals surface area contributed by atoms with E-state index in [0.29, 0.717) is 11.8 Å². The van der Waals surface area contributed by atoms with Crippen molar-refractivity contribution in [1.29, 1.82) is 0 Å². The van der Waals surface area contributed by atoms with E-state index < -0.39 is 0 Å². The molecular weight excluding hydrogens is 241 g/mol. The smallest absolute Gasteiger partial charge is 0.227 e. The van der Waals surface area contributed by atoms with Crippen LogP contribution in [-0.4, -0.2) is 12.5 Å². The lowest BCUT2D eigenvalue weighted by Gasteiger charge is -2.17. The summed E-state index contributed by atoms with van der Waals surface area (Å²) in [7, 11) is 0. The minimum Gasteiger partial charge on any atom is -0.356 e. The molecule has 1 amide bonds. The Morgan fingerprint density at radius 3 is 2.47 bits per heavy atom. The summed E-state index contributed by atoms with van der Waals surface area (Å²) >= 11 is 0. The van der Waals surface area contributed by atoms with Gasteiger partial charge in [-0.2, -0.15) is 0 Å². The first-order chi connectivity index (χ1) is 9.08. The molecule has 0 saturated heterocycles. The summed E-state index contributed by atoms with van der Waals surface area (Å²) in [6.07, 6.45) is 3.19. The summed E-state index contributed by atoms with van der Waals surface area (Å²) in [5.74, 6) is 0.760. The molecule has 1 aromatic rings. The highest BCUT2D eigenvalue weighted by atomic mass is 19.1. The fourth-order valence-corrected chi connectivity index (χ4v) is 2.33. The lowest BCUT2D eigenvalue weighted by Crippen LogP contribution is -2.31. The standard InChI is InChI=1S/C16H22FNO/c1-11(2)9-10-18-16(19)15(12-3-4-12)13-5-7-14(17)8-6-13/h5-8,11-12,15H,3-4,9-10H2,1-2H3,(H,18,19). The summed E-state index contributed by atoms with van der Waals surface area (Å²) in [5.41, 5.74) is 0.936. The summed E-state index contributed by atoms with van der Waals surface area (Å²) in [5, 5.41) is 3.02. The number of hydrogen-bond acceptors (Lipinski definition) is 1. The van der Waals surface area contributed by atoms with Crippen LogP contribution in [0.15, 0.2) is 24.3 Å². The molecule has 0 radical (unpaired) electrons. The van der Waals surface area contributed by atoms with E-state index in [0.717, 1.165) is 31.4 Å². The first kappa shape index (κ1) is 14.0. The molecular formula is C16H22FNO. The molecule has 1 atom stereocenters. The summed E-state index contributed by atoms with van der Waals surface area (Å²) < 4.78 is 13.0. The van der Waals surface area contributed by atoms with Gasteiger partial charge in [0, 0.05) is 6.54 Å². The zero-order valence-electron chi connectivity index (χ0n) is 11.7. The van der Waals surface area contributed by atoms with Gasteiger partial charge in [0.2, 0.25) is 5.91 Å². The Labute approximate surface area is 114 Å². The highest BCUT2D eigenvalue weighted by Gasteiger charge is 2.37. The Hall–Kier alpha value is -1.38. The van der Waals surface area contributed by atoms with E-state index in [2.05, 4.69) is 19.2 Å². The number of halogens is 1. The molecule has 2 rings (SSSR count). The van der Waals surface area contributed by atoms with Gasteiger partial charge in [0.1, 0.15) is 5.82 Å². The molecule has 3 heteroatoms. The predicted octanol–water partition coefficient (Wildman–Crippen LogP) is 3.48. The molecule has 1 fully saturated rings. The second kappa shape index (κ2) is 6.18. The third kappa shape index (κ3) is 4.05. The van der Waals surface area contributed by atoms with Crippen molar-refractivity contribution in [1.82, 2.24) is 5.32 Å². The molecule has 0 aromatic heterocycles. The Bertz CT molecular complexity index is 423. The maximum Gasteiger partial charge on any atom is 0.227 e. The second-order valence-electron chi connectivity index (χ2n) is 5.84. The van der Waals surface area contributed by atoms with Crippen LogP contribution in [0.1, 0.15) is 44.6 Å². The van der Waals surface area contributed by atoms with Crippen LogP contribution < -0.4 is 5.32 Å². The van der Waals surface area contributed by atoms with E-state index in [4.69, 9.17) is 0 Å². The minimum absolute atomic E-state index is 0.0924. The summed E-state index contributed by atoms with van der Waals surface area (Å²) in [6, 6.07) is 6.35. The van der Waals surface area contributed by atoms with E-state index in [1.807, 2.05) is 0 Å². The van der Waals surface area contributed by atoms with Gasteiger partial charge in [-0.25, -0.2) is 4.39 Å². The predicted molar refractivity (Wildman–Crippen MR) is 74.3 cm³/mol. The van der Waals surface area contributed by atoms with Gasteiger partial charge in [0.15, 0.2) is 0 Å². The first-order valence-corrected chi connectivity index (χ1v) is 7.11. The maximum absolute atomic E-state index is 13.0. The van der Waals surface area contributed by atoms with E-state index in [1.165, 1.54) is 12.1 Å². The van der Waals surface area contributed by atoms with Gasteiger partial charge in [-0.15, -0.1) is 0 Å². The van der Waals surface area contributed by atoms with Crippen molar-refractivity contribution in [2.24, 2.45) is 11.8 Å². The SMILES string of the molecule is CC(C)CCNC(=O)C(c1ccc(F)cc1)C1CC1. The number of benzene rings is 1. The van der Waals surface area contributed by atoms with Gasteiger partial charge in [0.25, 0.3) is 0 Å². The average Bonchev–Trinajstić information content (AvgIpc) is 3.16. The molecule has 1 aliphatic carbocycles. The molecule has 0 bridgehead atoms. The van der Waals surface area contributed by atoms with Gasteiger partial charge >= 0.3 is 0 Å². The molecule has 104 valence electrons. The molecule has 1 saturated carbocycles. The summed E-state index contributed by atoms with van der Waals surface area (Å²) in [4.78, 5) is 12.3. The van der Waals surface area contributed by atoms with Crippen molar-refractivity contribution in [3.63, 3.8) is 0 Å².